The summed E-state index contributed by atoms with van der Waals surface area (Å²) in [5.41, 5.74) is 11.6. The number of aromatic nitrogens is 2. The van der Waals surface area contributed by atoms with Crippen LogP contribution in [0, 0.1) is 27.7 Å². The number of amides is 1. The molecule has 2 N–H and O–H groups in total. The quantitative estimate of drug-likeness (QED) is 0.195. The second kappa shape index (κ2) is 12.1. The lowest BCUT2D eigenvalue weighted by Gasteiger charge is -2.35. The van der Waals surface area contributed by atoms with Gasteiger partial charge >= 0.3 is 5.97 Å². The van der Waals surface area contributed by atoms with Gasteiger partial charge in [-0.3, -0.25) is 14.4 Å². The molecule has 1 amide bonds. The Morgan fingerprint density at radius 2 is 1.64 bits per heavy atom. The molecule has 0 radical (unpaired) electrons. The van der Waals surface area contributed by atoms with Crippen LogP contribution in [0.1, 0.15) is 49.4 Å². The third-order valence-corrected chi connectivity index (χ3v) is 8.51. The van der Waals surface area contributed by atoms with Crippen molar-refractivity contribution in [1.82, 2.24) is 9.78 Å². The zero-order chi connectivity index (χ0) is 31.8. The number of hydrogen-bond acceptors (Lipinski definition) is 5. The Hall–Kier alpha value is -5.21. The second-order valence-corrected chi connectivity index (χ2v) is 11.6. The molecule has 1 aliphatic rings. The Morgan fingerprint density at radius 3 is 2.33 bits per heavy atom. The number of carbonyl (C=O) groups is 2. The number of nitrogens with one attached hydrogen (secondary N) is 1. The Bertz CT molecular complexity index is 1930. The van der Waals surface area contributed by atoms with Crippen LogP contribution in [-0.2, 0) is 29.1 Å². The van der Waals surface area contributed by atoms with Crippen LogP contribution in [0.3, 0.4) is 0 Å². The first-order valence-electron chi connectivity index (χ1n) is 14.9. The smallest absolute Gasteiger partial charge is 0.307 e. The van der Waals surface area contributed by atoms with E-state index in [1.807, 2.05) is 112 Å². The number of hydroxylamine groups is 1. The molecular formula is C37H36N4O4. The van der Waals surface area contributed by atoms with Crippen LogP contribution >= 0.6 is 0 Å². The summed E-state index contributed by atoms with van der Waals surface area (Å²) in [6, 6.07) is 25.8. The highest BCUT2D eigenvalue weighted by atomic mass is 16.7. The molecule has 0 aliphatic carbocycles. The number of aliphatic carboxylic acids is 1. The van der Waals surface area contributed by atoms with Gasteiger partial charge in [0.15, 0.2) is 0 Å². The van der Waals surface area contributed by atoms with Crippen molar-refractivity contribution in [2.45, 2.75) is 47.2 Å². The lowest BCUT2D eigenvalue weighted by atomic mass is 9.80. The molecule has 1 aliphatic heterocycles. The molecule has 0 bridgehead atoms. The first-order chi connectivity index (χ1) is 21.6. The molecule has 0 saturated heterocycles. The summed E-state index contributed by atoms with van der Waals surface area (Å²) in [7, 11) is 1.62. The van der Waals surface area contributed by atoms with Gasteiger partial charge in [-0.15, -0.1) is 0 Å². The Morgan fingerprint density at radius 1 is 0.911 bits per heavy atom. The first-order valence-corrected chi connectivity index (χ1v) is 14.9. The zero-order valence-electron chi connectivity index (χ0n) is 26.1. The van der Waals surface area contributed by atoms with E-state index in [1.165, 1.54) is 0 Å². The Kier molecular flexibility index (Phi) is 7.99. The number of benzene rings is 4. The van der Waals surface area contributed by atoms with Crippen molar-refractivity contribution in [2.75, 3.05) is 17.5 Å². The minimum absolute atomic E-state index is 0.119. The van der Waals surface area contributed by atoms with E-state index >= 15 is 0 Å². The molecule has 0 spiro atoms. The van der Waals surface area contributed by atoms with Crippen LogP contribution in [0.4, 0.5) is 11.5 Å². The average molecular weight is 601 g/mol. The van der Waals surface area contributed by atoms with Crippen LogP contribution in [0.25, 0.3) is 22.3 Å². The highest BCUT2D eigenvalue weighted by molar-refractivity contribution is 6.06. The molecule has 228 valence electrons. The maximum absolute atomic E-state index is 13.7. The number of carboxylic acid groups (broad SMARTS) is 1. The Labute approximate surface area is 262 Å². The minimum atomic E-state index is -0.897. The third-order valence-electron chi connectivity index (χ3n) is 8.51. The van der Waals surface area contributed by atoms with E-state index in [2.05, 4.69) is 10.4 Å². The van der Waals surface area contributed by atoms with E-state index in [1.54, 1.807) is 11.8 Å². The van der Waals surface area contributed by atoms with Crippen molar-refractivity contribution < 1.29 is 19.5 Å². The van der Waals surface area contributed by atoms with Crippen LogP contribution in [0.2, 0.25) is 0 Å². The molecule has 0 atom stereocenters. The fraction of sp³-hybridized carbons (Fsp3) is 0.216. The summed E-state index contributed by atoms with van der Waals surface area (Å²) < 4.78 is 1.80. The highest BCUT2D eigenvalue weighted by Gasteiger charge is 2.31. The molecule has 0 fully saturated rings. The maximum Gasteiger partial charge on any atom is 0.307 e. The molecule has 0 saturated carbocycles. The first kappa shape index (κ1) is 29.8. The van der Waals surface area contributed by atoms with E-state index in [9.17, 15) is 14.7 Å². The Balaban J connectivity index is 1.45. The number of fused-ring (bicyclic) bond motifs is 3. The molecule has 5 aromatic rings. The van der Waals surface area contributed by atoms with Crippen molar-refractivity contribution in [3.8, 4) is 22.3 Å². The van der Waals surface area contributed by atoms with Crippen molar-refractivity contribution in [3.63, 3.8) is 0 Å². The highest BCUT2D eigenvalue weighted by Crippen LogP contribution is 2.49. The van der Waals surface area contributed by atoms with Crippen LogP contribution in [-0.4, -0.2) is 33.9 Å². The predicted molar refractivity (Wildman–Crippen MR) is 177 cm³/mol. The molecule has 8 nitrogen and oxygen atoms in total. The molecular weight excluding hydrogens is 564 g/mol. The van der Waals surface area contributed by atoms with Crippen molar-refractivity contribution in [2.24, 2.45) is 0 Å². The summed E-state index contributed by atoms with van der Waals surface area (Å²) in [5, 5.41) is 19.4. The topological polar surface area (TPSA) is 96.7 Å². The molecule has 6 rings (SSSR count). The summed E-state index contributed by atoms with van der Waals surface area (Å²) in [6.07, 6.45) is -0.119. The molecule has 4 aromatic carbocycles. The molecule has 0 unspecified atom stereocenters. The van der Waals surface area contributed by atoms with Crippen LogP contribution in [0.15, 0.2) is 78.9 Å². The van der Waals surface area contributed by atoms with E-state index in [4.69, 9.17) is 4.84 Å². The van der Waals surface area contributed by atoms with Gasteiger partial charge < -0.3 is 10.4 Å². The number of carboxylic acids is 1. The number of rotatable bonds is 8. The molecule has 8 heteroatoms. The third kappa shape index (κ3) is 5.72. The summed E-state index contributed by atoms with van der Waals surface area (Å²) in [5.74, 6) is -0.512. The van der Waals surface area contributed by atoms with Gasteiger partial charge in [-0.1, -0.05) is 66.2 Å². The average Bonchev–Trinajstić information content (AvgIpc) is 3.37. The summed E-state index contributed by atoms with van der Waals surface area (Å²) in [4.78, 5) is 31.7. The SMILES string of the molecule is CON1Cc2ccc(C(=O)Nc3cc(C)nn3Cc3ccccc3)cc2-c2c(C)c(-c3ccc(C)cc3)c(CC(=O)O)c(C)c21. The summed E-state index contributed by atoms with van der Waals surface area (Å²) in [6.45, 7) is 8.91. The second-order valence-electron chi connectivity index (χ2n) is 11.6. The predicted octanol–water partition coefficient (Wildman–Crippen LogP) is 7.26. The largest absolute Gasteiger partial charge is 0.481 e. The van der Waals surface area contributed by atoms with Gasteiger partial charge in [0.1, 0.15) is 5.82 Å². The van der Waals surface area contributed by atoms with E-state index in [0.717, 1.165) is 67.0 Å². The van der Waals surface area contributed by atoms with Crippen LogP contribution in [0.5, 0.6) is 0 Å². The number of aryl methyl sites for hydroxylation is 2. The van der Waals surface area contributed by atoms with Crippen LogP contribution < -0.4 is 10.4 Å². The van der Waals surface area contributed by atoms with Gasteiger partial charge in [-0.25, -0.2) is 9.75 Å². The van der Waals surface area contributed by atoms with Gasteiger partial charge in [0, 0.05) is 17.2 Å². The minimum Gasteiger partial charge on any atom is -0.481 e. The van der Waals surface area contributed by atoms with Crippen molar-refractivity contribution in [3.05, 3.63) is 124 Å². The fourth-order valence-corrected chi connectivity index (χ4v) is 6.36. The zero-order valence-corrected chi connectivity index (χ0v) is 26.1. The lowest BCUT2D eigenvalue weighted by molar-refractivity contribution is -0.136. The number of carbonyl (C=O) groups excluding carboxylic acids is 1. The number of anilines is 2. The molecule has 1 aromatic heterocycles. The van der Waals surface area contributed by atoms with E-state index in [-0.39, 0.29) is 12.3 Å². The summed E-state index contributed by atoms with van der Waals surface area (Å²) >= 11 is 0. The van der Waals surface area contributed by atoms with Crippen molar-refractivity contribution >= 4 is 23.4 Å². The molecule has 45 heavy (non-hydrogen) atoms. The number of nitrogens with zero attached hydrogens (tertiary/aromatic N) is 3. The lowest BCUT2D eigenvalue weighted by Crippen LogP contribution is -2.28. The van der Waals surface area contributed by atoms with Crippen molar-refractivity contribution in [1.29, 1.82) is 0 Å². The standard InChI is InChI=1S/C37H36N4O4/c1-22-11-13-27(14-12-22)34-25(4)35-31-18-28(15-16-29(31)21-41(45-5)36(35)24(3)30(34)19-33(42)43)37(44)38-32-17-23(2)39-40(32)20-26-9-7-6-8-10-26/h6-18H,19-21H2,1-5H3,(H,38,44)(H,42,43). The number of hydrogen-bond donors (Lipinski definition) is 2. The van der Waals surface area contributed by atoms with Gasteiger partial charge in [-0.05, 0) is 84.3 Å². The maximum atomic E-state index is 13.7. The van der Waals surface area contributed by atoms with Gasteiger partial charge in [0.05, 0.1) is 38.0 Å². The van der Waals surface area contributed by atoms with E-state index < -0.39 is 5.97 Å². The molecule has 2 heterocycles. The fourth-order valence-electron chi connectivity index (χ4n) is 6.36. The normalized spacial score (nSPS) is 12.1. The van der Waals surface area contributed by atoms with Gasteiger partial charge in [0.25, 0.3) is 5.91 Å². The van der Waals surface area contributed by atoms with Gasteiger partial charge in [0.2, 0.25) is 0 Å². The monoisotopic (exact) mass is 600 g/mol. The van der Waals surface area contributed by atoms with Gasteiger partial charge in [-0.2, -0.15) is 5.10 Å². The van der Waals surface area contributed by atoms with E-state index in [0.29, 0.717) is 24.5 Å².